The number of aliphatic hydroxyl groups is 1. The van der Waals surface area contributed by atoms with Gasteiger partial charge in [-0.1, -0.05) is 37.1 Å². The summed E-state index contributed by atoms with van der Waals surface area (Å²) in [6, 6.07) is 8.41. The lowest BCUT2D eigenvalue weighted by Crippen LogP contribution is -2.49. The van der Waals surface area contributed by atoms with E-state index in [1.807, 2.05) is 0 Å². The fraction of sp³-hybridized carbons (Fsp3) is 0.632. The molecule has 3 rings (SSSR count). The van der Waals surface area contributed by atoms with E-state index in [0.717, 1.165) is 58.2 Å². The van der Waals surface area contributed by atoms with Crippen molar-refractivity contribution in [3.8, 4) is 0 Å². The van der Waals surface area contributed by atoms with Crippen LogP contribution in [0.4, 0.5) is 4.79 Å². The molecule has 0 radical (unpaired) electrons. The van der Waals surface area contributed by atoms with E-state index in [9.17, 15) is 9.90 Å². The van der Waals surface area contributed by atoms with Crippen LogP contribution in [0.1, 0.15) is 43.2 Å². The van der Waals surface area contributed by atoms with E-state index < -0.39 is 6.10 Å². The minimum Gasteiger partial charge on any atom is -0.391 e. The van der Waals surface area contributed by atoms with Gasteiger partial charge in [-0.15, -0.1) is 0 Å². The average molecular weight is 331 g/mol. The largest absolute Gasteiger partial charge is 0.391 e. The van der Waals surface area contributed by atoms with Crippen LogP contribution in [-0.4, -0.2) is 47.8 Å². The average Bonchev–Trinajstić information content (AvgIpc) is 2.60. The fourth-order valence-corrected chi connectivity index (χ4v) is 3.75. The molecule has 1 heterocycles. The van der Waals surface area contributed by atoms with Crippen molar-refractivity contribution in [3.63, 3.8) is 0 Å². The first kappa shape index (κ1) is 17.2. The summed E-state index contributed by atoms with van der Waals surface area (Å²) in [4.78, 5) is 14.4. The third-order valence-corrected chi connectivity index (χ3v) is 5.19. The Morgan fingerprint density at radius 3 is 2.83 bits per heavy atom. The Hall–Kier alpha value is -1.59. The quantitative estimate of drug-likeness (QED) is 0.724. The number of nitrogens with zero attached hydrogens (tertiary/aromatic N) is 1. The number of aliphatic hydroxyl groups excluding tert-OH is 1. The van der Waals surface area contributed by atoms with Gasteiger partial charge < -0.3 is 15.7 Å². The van der Waals surface area contributed by atoms with Gasteiger partial charge in [-0.3, -0.25) is 4.90 Å². The van der Waals surface area contributed by atoms with E-state index in [1.54, 1.807) is 0 Å². The SMILES string of the molecule is O=C(NCCCN1CCc2ccccc2C1)N[C@@H]1CCCC[C@H]1O. The zero-order chi connectivity index (χ0) is 16.8. The molecule has 1 fully saturated rings. The highest BCUT2D eigenvalue weighted by Crippen LogP contribution is 2.19. The number of amides is 2. The van der Waals surface area contributed by atoms with Crippen LogP contribution in [0.5, 0.6) is 0 Å². The van der Waals surface area contributed by atoms with Crippen molar-refractivity contribution in [2.24, 2.45) is 0 Å². The Labute approximate surface area is 144 Å². The maximum absolute atomic E-state index is 11.9. The number of benzene rings is 1. The summed E-state index contributed by atoms with van der Waals surface area (Å²) in [6.07, 6.45) is 5.48. The minimum absolute atomic E-state index is 0.0858. The van der Waals surface area contributed by atoms with E-state index in [1.165, 1.54) is 11.1 Å². The van der Waals surface area contributed by atoms with E-state index >= 15 is 0 Å². The number of urea groups is 1. The van der Waals surface area contributed by atoms with E-state index in [0.29, 0.717) is 6.54 Å². The molecule has 5 heteroatoms. The van der Waals surface area contributed by atoms with Gasteiger partial charge in [0.15, 0.2) is 0 Å². The molecule has 3 N–H and O–H groups in total. The summed E-state index contributed by atoms with van der Waals surface area (Å²) in [7, 11) is 0. The van der Waals surface area contributed by atoms with Gasteiger partial charge >= 0.3 is 6.03 Å². The molecule has 24 heavy (non-hydrogen) atoms. The van der Waals surface area contributed by atoms with Gasteiger partial charge in [0.25, 0.3) is 0 Å². The molecule has 5 nitrogen and oxygen atoms in total. The topological polar surface area (TPSA) is 64.6 Å². The second-order valence-corrected chi connectivity index (χ2v) is 7.01. The molecule has 1 aliphatic heterocycles. The molecule has 0 unspecified atom stereocenters. The summed E-state index contributed by atoms with van der Waals surface area (Å²) < 4.78 is 0. The number of carbonyl (C=O) groups excluding carboxylic acids is 1. The first-order chi connectivity index (χ1) is 11.7. The first-order valence-electron chi connectivity index (χ1n) is 9.24. The van der Waals surface area contributed by atoms with Crippen LogP contribution in [0, 0.1) is 0 Å². The monoisotopic (exact) mass is 331 g/mol. The molecule has 0 aromatic heterocycles. The van der Waals surface area contributed by atoms with Crippen molar-refractivity contribution in [3.05, 3.63) is 35.4 Å². The van der Waals surface area contributed by atoms with E-state index in [4.69, 9.17) is 0 Å². The van der Waals surface area contributed by atoms with Crippen LogP contribution in [0.25, 0.3) is 0 Å². The van der Waals surface area contributed by atoms with Crippen LogP contribution < -0.4 is 10.6 Å². The van der Waals surface area contributed by atoms with E-state index in [-0.39, 0.29) is 12.1 Å². The predicted molar refractivity (Wildman–Crippen MR) is 94.8 cm³/mol. The molecule has 132 valence electrons. The van der Waals surface area contributed by atoms with Crippen molar-refractivity contribution < 1.29 is 9.90 Å². The Morgan fingerprint density at radius 1 is 1.21 bits per heavy atom. The highest BCUT2D eigenvalue weighted by Gasteiger charge is 2.24. The predicted octanol–water partition coefficient (Wildman–Crippen LogP) is 2.04. The summed E-state index contributed by atoms with van der Waals surface area (Å²) in [5.74, 6) is 0. The molecular weight excluding hydrogens is 302 g/mol. The highest BCUT2D eigenvalue weighted by molar-refractivity contribution is 5.74. The van der Waals surface area contributed by atoms with Crippen LogP contribution in [0.2, 0.25) is 0 Å². The third kappa shape index (κ3) is 4.71. The Bertz CT molecular complexity index is 549. The van der Waals surface area contributed by atoms with Crippen LogP contribution >= 0.6 is 0 Å². The molecular formula is C19H29N3O2. The summed E-state index contributed by atoms with van der Waals surface area (Å²) in [5, 5.41) is 15.7. The fourth-order valence-electron chi connectivity index (χ4n) is 3.75. The maximum Gasteiger partial charge on any atom is 0.315 e. The van der Waals surface area contributed by atoms with Gasteiger partial charge in [0.05, 0.1) is 12.1 Å². The van der Waals surface area contributed by atoms with Gasteiger partial charge in [0.2, 0.25) is 0 Å². The number of hydrogen-bond donors (Lipinski definition) is 3. The highest BCUT2D eigenvalue weighted by atomic mass is 16.3. The number of carbonyl (C=O) groups is 1. The number of rotatable bonds is 5. The van der Waals surface area contributed by atoms with Gasteiger partial charge in [0, 0.05) is 26.2 Å². The third-order valence-electron chi connectivity index (χ3n) is 5.19. The standard InChI is InChI=1S/C19H29N3O2/c23-18-9-4-3-8-17(18)21-19(24)20-11-5-12-22-13-10-15-6-1-2-7-16(15)14-22/h1-2,6-7,17-18,23H,3-5,8-14H2,(H2,20,21,24)/t17-,18-/m1/s1. The van der Waals surface area contributed by atoms with Crippen LogP contribution in [0.3, 0.4) is 0 Å². The summed E-state index contributed by atoms with van der Waals surface area (Å²) in [5.41, 5.74) is 2.90. The van der Waals surface area contributed by atoms with Crippen LogP contribution in [-0.2, 0) is 13.0 Å². The zero-order valence-corrected chi connectivity index (χ0v) is 14.3. The molecule has 1 saturated carbocycles. The van der Waals surface area contributed by atoms with Crippen molar-refractivity contribution in [1.82, 2.24) is 15.5 Å². The number of hydrogen-bond acceptors (Lipinski definition) is 3. The molecule has 0 spiro atoms. The lowest BCUT2D eigenvalue weighted by Gasteiger charge is -2.29. The van der Waals surface area contributed by atoms with Crippen molar-refractivity contribution in [2.75, 3.05) is 19.6 Å². The van der Waals surface area contributed by atoms with E-state index in [2.05, 4.69) is 39.8 Å². The smallest absolute Gasteiger partial charge is 0.315 e. The maximum atomic E-state index is 11.9. The Morgan fingerprint density at radius 2 is 2.00 bits per heavy atom. The molecule has 2 aliphatic rings. The first-order valence-corrected chi connectivity index (χ1v) is 9.24. The van der Waals surface area contributed by atoms with Crippen LogP contribution in [0.15, 0.2) is 24.3 Å². The van der Waals surface area contributed by atoms with Crippen molar-refractivity contribution in [2.45, 2.75) is 57.2 Å². The van der Waals surface area contributed by atoms with Gasteiger partial charge in [0.1, 0.15) is 0 Å². The van der Waals surface area contributed by atoms with Gasteiger partial charge in [-0.2, -0.15) is 0 Å². The molecule has 1 aromatic rings. The van der Waals surface area contributed by atoms with Crippen molar-refractivity contribution in [1.29, 1.82) is 0 Å². The van der Waals surface area contributed by atoms with Crippen molar-refractivity contribution >= 4 is 6.03 Å². The summed E-state index contributed by atoms with van der Waals surface area (Å²) in [6.45, 7) is 3.78. The number of fused-ring (bicyclic) bond motifs is 1. The second kappa shape index (κ2) is 8.49. The summed E-state index contributed by atoms with van der Waals surface area (Å²) >= 11 is 0. The van der Waals surface area contributed by atoms with Gasteiger partial charge in [-0.05, 0) is 36.8 Å². The lowest BCUT2D eigenvalue weighted by atomic mass is 9.93. The Kier molecular flexibility index (Phi) is 6.10. The molecule has 2 atom stereocenters. The van der Waals surface area contributed by atoms with Gasteiger partial charge in [-0.25, -0.2) is 4.79 Å². The molecule has 1 aliphatic carbocycles. The molecule has 0 bridgehead atoms. The molecule has 1 aromatic carbocycles. The Balaban J connectivity index is 1.32. The second-order valence-electron chi connectivity index (χ2n) is 7.01. The zero-order valence-electron chi connectivity index (χ0n) is 14.3. The number of nitrogens with one attached hydrogen (secondary N) is 2. The minimum atomic E-state index is -0.391. The normalized spacial score (nSPS) is 24.2. The molecule has 0 saturated heterocycles. The lowest BCUT2D eigenvalue weighted by molar-refractivity contribution is 0.0943. The molecule has 2 amide bonds.